The highest BCUT2D eigenvalue weighted by atomic mass is 32.2. The van der Waals surface area contributed by atoms with E-state index in [9.17, 15) is 0 Å². The van der Waals surface area contributed by atoms with E-state index in [-0.39, 0.29) is 7.43 Å². The molecule has 0 aliphatic rings. The highest BCUT2D eigenvalue weighted by molar-refractivity contribution is 8.16. The van der Waals surface area contributed by atoms with Crippen LogP contribution in [0.4, 0.5) is 0 Å². The highest BCUT2D eigenvalue weighted by Gasteiger charge is 1.94. The van der Waals surface area contributed by atoms with Crippen molar-refractivity contribution in [2.24, 2.45) is 0 Å². The van der Waals surface area contributed by atoms with Gasteiger partial charge in [-0.2, -0.15) is 0 Å². The number of benzene rings is 2. The predicted molar refractivity (Wildman–Crippen MR) is 76.2 cm³/mol. The van der Waals surface area contributed by atoms with Crippen molar-refractivity contribution in [3.05, 3.63) is 60.7 Å². The molecule has 0 bridgehead atoms. The van der Waals surface area contributed by atoms with Gasteiger partial charge in [-0.15, -0.1) is 23.5 Å². The van der Waals surface area contributed by atoms with E-state index in [4.69, 9.17) is 0 Å². The van der Waals surface area contributed by atoms with Crippen molar-refractivity contribution in [1.29, 1.82) is 0 Å². The average molecular weight is 248 g/mol. The van der Waals surface area contributed by atoms with Crippen LogP contribution in [0.25, 0.3) is 0 Å². The molecule has 0 heterocycles. The maximum Gasteiger partial charge on any atom is 0.0486 e. The standard InChI is InChI=1S/C13H12S2.CH4/c1-3-7-12(8-4-1)14-11-15-13-9-5-2-6-10-13;/h1-10H,11H2;1H4. The summed E-state index contributed by atoms with van der Waals surface area (Å²) in [6, 6.07) is 21.0. The summed E-state index contributed by atoms with van der Waals surface area (Å²) in [7, 11) is 0. The van der Waals surface area contributed by atoms with Crippen LogP contribution in [0.1, 0.15) is 7.43 Å². The molecule has 0 saturated carbocycles. The van der Waals surface area contributed by atoms with Crippen LogP contribution < -0.4 is 0 Å². The van der Waals surface area contributed by atoms with Gasteiger partial charge in [0.25, 0.3) is 0 Å². The van der Waals surface area contributed by atoms with Gasteiger partial charge in [0.1, 0.15) is 0 Å². The third kappa shape index (κ3) is 4.33. The second-order valence-corrected chi connectivity index (χ2v) is 5.50. The monoisotopic (exact) mass is 248 g/mol. The van der Waals surface area contributed by atoms with Crippen LogP contribution in [-0.2, 0) is 0 Å². The maximum atomic E-state index is 2.15. The molecular weight excluding hydrogens is 232 g/mol. The van der Waals surface area contributed by atoms with Gasteiger partial charge in [0.2, 0.25) is 0 Å². The lowest BCUT2D eigenvalue weighted by molar-refractivity contribution is 1.46. The van der Waals surface area contributed by atoms with E-state index in [1.165, 1.54) is 9.79 Å². The van der Waals surface area contributed by atoms with Gasteiger partial charge in [-0.1, -0.05) is 43.8 Å². The average Bonchev–Trinajstić information content (AvgIpc) is 2.32. The zero-order chi connectivity index (χ0) is 10.3. The molecule has 16 heavy (non-hydrogen) atoms. The van der Waals surface area contributed by atoms with Gasteiger partial charge < -0.3 is 0 Å². The van der Waals surface area contributed by atoms with Crippen molar-refractivity contribution in [2.45, 2.75) is 17.2 Å². The van der Waals surface area contributed by atoms with Crippen LogP contribution >= 0.6 is 23.5 Å². The summed E-state index contributed by atoms with van der Waals surface area (Å²) in [5, 5.41) is 1.06. The molecule has 2 rings (SSSR count). The molecule has 0 unspecified atom stereocenters. The largest absolute Gasteiger partial charge is 0.115 e. The maximum absolute atomic E-state index is 2.15. The number of thioether (sulfide) groups is 2. The Hall–Kier alpha value is -0.860. The third-order valence-corrected chi connectivity index (χ3v) is 4.09. The third-order valence-electron chi connectivity index (χ3n) is 1.94. The first-order valence-electron chi connectivity index (χ1n) is 4.81. The Kier molecular flexibility index (Phi) is 6.12. The van der Waals surface area contributed by atoms with E-state index in [1.54, 1.807) is 0 Å². The van der Waals surface area contributed by atoms with Crippen molar-refractivity contribution < 1.29 is 0 Å². The van der Waals surface area contributed by atoms with Crippen LogP contribution in [-0.4, -0.2) is 5.08 Å². The van der Waals surface area contributed by atoms with Crippen molar-refractivity contribution in [2.75, 3.05) is 5.08 Å². The van der Waals surface area contributed by atoms with E-state index < -0.39 is 0 Å². The van der Waals surface area contributed by atoms with Crippen molar-refractivity contribution >= 4 is 23.5 Å². The summed E-state index contributed by atoms with van der Waals surface area (Å²) in [4.78, 5) is 2.67. The van der Waals surface area contributed by atoms with E-state index >= 15 is 0 Å². The molecule has 0 spiro atoms. The van der Waals surface area contributed by atoms with Gasteiger partial charge in [-0.3, -0.25) is 0 Å². The second kappa shape index (κ2) is 7.42. The Balaban J connectivity index is 0.00000128. The fourth-order valence-electron chi connectivity index (χ4n) is 1.20. The van der Waals surface area contributed by atoms with Gasteiger partial charge in [-0.05, 0) is 24.3 Å². The van der Waals surface area contributed by atoms with Crippen LogP contribution in [0.15, 0.2) is 70.5 Å². The smallest absolute Gasteiger partial charge is 0.0486 e. The predicted octanol–water partition coefficient (Wildman–Crippen LogP) is 5.16. The molecule has 0 fully saturated rings. The molecule has 0 radical (unpaired) electrons. The van der Waals surface area contributed by atoms with E-state index in [0.717, 1.165) is 5.08 Å². The molecule has 2 aromatic rings. The molecule has 0 amide bonds. The molecule has 0 nitrogen and oxygen atoms in total. The van der Waals surface area contributed by atoms with Crippen LogP contribution in [0.3, 0.4) is 0 Å². The fraction of sp³-hybridized carbons (Fsp3) is 0.143. The Labute approximate surface area is 106 Å². The first-order chi connectivity index (χ1) is 7.45. The zero-order valence-corrected chi connectivity index (χ0v) is 9.93. The quantitative estimate of drug-likeness (QED) is 0.541. The van der Waals surface area contributed by atoms with Crippen LogP contribution in [0.2, 0.25) is 0 Å². The van der Waals surface area contributed by atoms with E-state index in [2.05, 4.69) is 48.5 Å². The van der Waals surface area contributed by atoms with Gasteiger partial charge in [0.15, 0.2) is 0 Å². The minimum atomic E-state index is 0. The van der Waals surface area contributed by atoms with Crippen molar-refractivity contribution in [1.82, 2.24) is 0 Å². The number of hydrogen-bond donors (Lipinski definition) is 0. The molecule has 84 valence electrons. The normalized spacial score (nSPS) is 9.50. The summed E-state index contributed by atoms with van der Waals surface area (Å²) in [6.45, 7) is 0. The van der Waals surface area contributed by atoms with E-state index in [1.807, 2.05) is 35.7 Å². The zero-order valence-electron chi connectivity index (χ0n) is 8.30. The lowest BCUT2D eigenvalue weighted by Crippen LogP contribution is -1.74. The number of hydrogen-bond acceptors (Lipinski definition) is 2. The Bertz CT molecular complexity index is 344. The second-order valence-electron chi connectivity index (χ2n) is 3.03. The van der Waals surface area contributed by atoms with Crippen molar-refractivity contribution in [3.8, 4) is 0 Å². The van der Waals surface area contributed by atoms with Crippen LogP contribution in [0, 0.1) is 0 Å². The summed E-state index contributed by atoms with van der Waals surface area (Å²) >= 11 is 3.76. The Morgan fingerprint density at radius 2 is 1.00 bits per heavy atom. The SMILES string of the molecule is C.c1ccc(SCSc2ccccc2)cc1. The van der Waals surface area contributed by atoms with Gasteiger partial charge >= 0.3 is 0 Å². The summed E-state index contributed by atoms with van der Waals surface area (Å²) in [6.07, 6.45) is 0. The molecule has 0 aliphatic carbocycles. The summed E-state index contributed by atoms with van der Waals surface area (Å²) < 4.78 is 0. The first kappa shape index (κ1) is 13.2. The Morgan fingerprint density at radius 3 is 1.38 bits per heavy atom. The molecule has 0 saturated heterocycles. The molecular formula is C14H16S2. The van der Waals surface area contributed by atoms with Gasteiger partial charge in [-0.25, -0.2) is 0 Å². The highest BCUT2D eigenvalue weighted by Crippen LogP contribution is 2.26. The lowest BCUT2D eigenvalue weighted by atomic mass is 10.4. The lowest BCUT2D eigenvalue weighted by Gasteiger charge is -2.01. The molecule has 2 heteroatoms. The molecule has 0 N–H and O–H groups in total. The fourth-order valence-corrected chi connectivity index (χ4v) is 3.22. The summed E-state index contributed by atoms with van der Waals surface area (Å²) in [5.41, 5.74) is 0. The van der Waals surface area contributed by atoms with E-state index in [0.29, 0.717) is 0 Å². The first-order valence-corrected chi connectivity index (χ1v) is 6.78. The molecule has 0 aliphatic heterocycles. The van der Waals surface area contributed by atoms with Gasteiger partial charge in [0.05, 0.1) is 0 Å². The minimum absolute atomic E-state index is 0. The molecule has 0 atom stereocenters. The van der Waals surface area contributed by atoms with Gasteiger partial charge in [0, 0.05) is 14.9 Å². The minimum Gasteiger partial charge on any atom is -0.115 e. The molecule has 0 aromatic heterocycles. The van der Waals surface area contributed by atoms with Crippen molar-refractivity contribution in [3.63, 3.8) is 0 Å². The molecule has 2 aromatic carbocycles. The van der Waals surface area contributed by atoms with Crippen LogP contribution in [0.5, 0.6) is 0 Å². The number of rotatable bonds is 4. The summed E-state index contributed by atoms with van der Waals surface area (Å²) in [5.74, 6) is 0. The Morgan fingerprint density at radius 1 is 0.625 bits per heavy atom. The topological polar surface area (TPSA) is 0 Å².